The molecule has 2 amide bonds. The normalized spacial score (nSPS) is 13.1. The number of hydrogen-bond donors (Lipinski definition) is 3. The van der Waals surface area contributed by atoms with Crippen molar-refractivity contribution in [1.82, 2.24) is 15.1 Å². The third-order valence-electron chi connectivity index (χ3n) is 5.78. The second-order valence-corrected chi connectivity index (χ2v) is 8.50. The molecule has 3 aromatic rings. The molecule has 9 heteroatoms. The molecule has 0 saturated heterocycles. The van der Waals surface area contributed by atoms with E-state index in [0.29, 0.717) is 5.69 Å². The molecule has 1 atom stereocenters. The average Bonchev–Trinajstić information content (AvgIpc) is 3.37. The number of carbonyl (C=O) groups excluding carboxylic acids is 2. The Morgan fingerprint density at radius 2 is 1.68 bits per heavy atom. The van der Waals surface area contributed by atoms with Crippen LogP contribution in [0.2, 0.25) is 0 Å². The number of amides is 2. The first-order valence-electron chi connectivity index (χ1n) is 11.0. The van der Waals surface area contributed by atoms with Crippen LogP contribution in [0.5, 0.6) is 0 Å². The van der Waals surface area contributed by atoms with Gasteiger partial charge in [0.05, 0.1) is 11.9 Å². The van der Waals surface area contributed by atoms with Crippen LogP contribution in [0.3, 0.4) is 0 Å². The smallest absolute Gasteiger partial charge is 0.411 e. The maximum Gasteiger partial charge on any atom is 0.411 e. The summed E-state index contributed by atoms with van der Waals surface area (Å²) in [5, 5.41) is 18.3. The van der Waals surface area contributed by atoms with Crippen LogP contribution in [0.1, 0.15) is 30.9 Å². The van der Waals surface area contributed by atoms with Gasteiger partial charge in [0.15, 0.2) is 0 Å². The van der Waals surface area contributed by atoms with Crippen LogP contribution in [0, 0.1) is 5.92 Å². The quantitative estimate of drug-likeness (QED) is 0.471. The van der Waals surface area contributed by atoms with E-state index in [2.05, 4.69) is 27.9 Å². The number of fused-ring (bicyclic) bond motifs is 3. The molecule has 0 saturated carbocycles. The van der Waals surface area contributed by atoms with Crippen molar-refractivity contribution >= 4 is 23.7 Å². The van der Waals surface area contributed by atoms with Crippen molar-refractivity contribution in [2.75, 3.05) is 11.9 Å². The zero-order valence-electron chi connectivity index (χ0n) is 18.9. The van der Waals surface area contributed by atoms with Gasteiger partial charge in [-0.2, -0.15) is 5.10 Å². The highest BCUT2D eigenvalue weighted by Crippen LogP contribution is 2.44. The summed E-state index contributed by atoms with van der Waals surface area (Å²) in [5.74, 6) is -1.89. The fourth-order valence-corrected chi connectivity index (χ4v) is 4.15. The summed E-state index contributed by atoms with van der Waals surface area (Å²) < 4.78 is 6.82. The van der Waals surface area contributed by atoms with Crippen LogP contribution in [0.4, 0.5) is 10.5 Å². The van der Waals surface area contributed by atoms with Crippen molar-refractivity contribution in [3.05, 3.63) is 72.1 Å². The van der Waals surface area contributed by atoms with E-state index >= 15 is 0 Å². The van der Waals surface area contributed by atoms with Gasteiger partial charge in [0.25, 0.3) is 0 Å². The number of anilines is 1. The van der Waals surface area contributed by atoms with Crippen LogP contribution in [0.25, 0.3) is 11.1 Å². The molecule has 1 aliphatic carbocycles. The van der Waals surface area contributed by atoms with E-state index in [1.165, 1.54) is 17.1 Å². The first-order valence-corrected chi connectivity index (χ1v) is 11.0. The molecule has 1 heterocycles. The molecule has 34 heavy (non-hydrogen) atoms. The van der Waals surface area contributed by atoms with E-state index in [-0.39, 0.29) is 25.0 Å². The topological polar surface area (TPSA) is 123 Å². The number of aromatic nitrogens is 2. The Morgan fingerprint density at radius 3 is 2.26 bits per heavy atom. The van der Waals surface area contributed by atoms with Crippen molar-refractivity contribution in [1.29, 1.82) is 0 Å². The fourth-order valence-electron chi connectivity index (χ4n) is 4.15. The number of aliphatic carboxylic acids is 1. The van der Waals surface area contributed by atoms with Crippen molar-refractivity contribution in [2.24, 2.45) is 5.92 Å². The van der Waals surface area contributed by atoms with Crippen molar-refractivity contribution in [2.45, 2.75) is 32.4 Å². The van der Waals surface area contributed by atoms with Gasteiger partial charge < -0.3 is 15.2 Å². The summed E-state index contributed by atoms with van der Waals surface area (Å²) in [6, 6.07) is 15.2. The lowest BCUT2D eigenvalue weighted by Crippen LogP contribution is -2.45. The Balaban J connectivity index is 1.33. The molecule has 9 nitrogen and oxygen atoms in total. The van der Waals surface area contributed by atoms with Gasteiger partial charge in [0.1, 0.15) is 19.2 Å². The lowest BCUT2D eigenvalue weighted by atomic mass is 9.98. The van der Waals surface area contributed by atoms with E-state index < -0.39 is 24.0 Å². The van der Waals surface area contributed by atoms with Crippen molar-refractivity contribution < 1.29 is 24.2 Å². The van der Waals surface area contributed by atoms with Crippen molar-refractivity contribution in [3.8, 4) is 11.1 Å². The molecule has 0 unspecified atom stereocenters. The lowest BCUT2D eigenvalue weighted by Gasteiger charge is -2.17. The molecule has 0 spiro atoms. The molecule has 0 aliphatic heterocycles. The van der Waals surface area contributed by atoms with E-state index in [1.807, 2.05) is 36.4 Å². The van der Waals surface area contributed by atoms with Crippen LogP contribution in [-0.4, -0.2) is 45.5 Å². The van der Waals surface area contributed by atoms with Gasteiger partial charge in [-0.1, -0.05) is 62.4 Å². The third-order valence-corrected chi connectivity index (χ3v) is 5.78. The SMILES string of the molecule is CC(C)[C@@H](NC(=O)Cn1cc(NC(=O)OCC2c3ccccc3-c3ccccc32)cn1)C(=O)O. The molecule has 1 aliphatic rings. The second kappa shape index (κ2) is 9.78. The molecule has 1 aromatic heterocycles. The van der Waals surface area contributed by atoms with E-state index in [0.717, 1.165) is 22.3 Å². The molecule has 2 aromatic carbocycles. The number of benzene rings is 2. The van der Waals surface area contributed by atoms with E-state index in [1.54, 1.807) is 13.8 Å². The molecule has 0 bridgehead atoms. The summed E-state index contributed by atoms with van der Waals surface area (Å²) in [7, 11) is 0. The molecule has 0 fully saturated rings. The minimum absolute atomic E-state index is 0.0484. The number of ether oxygens (including phenoxy) is 1. The van der Waals surface area contributed by atoms with Crippen LogP contribution < -0.4 is 10.6 Å². The number of hydrogen-bond acceptors (Lipinski definition) is 5. The summed E-state index contributed by atoms with van der Waals surface area (Å²) in [5.41, 5.74) is 4.90. The van der Waals surface area contributed by atoms with Gasteiger partial charge in [0, 0.05) is 12.1 Å². The minimum Gasteiger partial charge on any atom is -0.480 e. The Morgan fingerprint density at radius 1 is 1.06 bits per heavy atom. The summed E-state index contributed by atoms with van der Waals surface area (Å²) in [6.45, 7) is 3.43. The summed E-state index contributed by atoms with van der Waals surface area (Å²) in [6.07, 6.45) is 2.24. The van der Waals surface area contributed by atoms with Gasteiger partial charge in [-0.25, -0.2) is 9.59 Å². The van der Waals surface area contributed by atoms with Crippen LogP contribution >= 0.6 is 0 Å². The molecule has 176 valence electrons. The summed E-state index contributed by atoms with van der Waals surface area (Å²) in [4.78, 5) is 35.8. The highest BCUT2D eigenvalue weighted by atomic mass is 16.5. The highest BCUT2D eigenvalue weighted by molar-refractivity contribution is 5.85. The van der Waals surface area contributed by atoms with Gasteiger partial charge in [0.2, 0.25) is 5.91 Å². The fraction of sp³-hybridized carbons (Fsp3) is 0.280. The lowest BCUT2D eigenvalue weighted by molar-refractivity contribution is -0.143. The molecule has 0 radical (unpaired) electrons. The van der Waals surface area contributed by atoms with Gasteiger partial charge in [-0.05, 0) is 28.2 Å². The van der Waals surface area contributed by atoms with Crippen LogP contribution in [-0.2, 0) is 20.9 Å². The Bertz CT molecular complexity index is 1170. The first kappa shape index (κ1) is 23.0. The Kier molecular flexibility index (Phi) is 6.62. The monoisotopic (exact) mass is 462 g/mol. The zero-order valence-corrected chi connectivity index (χ0v) is 18.9. The number of nitrogens with zero attached hydrogens (tertiary/aromatic N) is 2. The maximum atomic E-state index is 12.4. The molecular weight excluding hydrogens is 436 g/mol. The third kappa shape index (κ3) is 4.93. The molecule has 3 N–H and O–H groups in total. The van der Waals surface area contributed by atoms with Gasteiger partial charge >= 0.3 is 12.1 Å². The number of rotatable bonds is 8. The average molecular weight is 463 g/mol. The van der Waals surface area contributed by atoms with Crippen LogP contribution in [0.15, 0.2) is 60.9 Å². The van der Waals surface area contributed by atoms with Crippen molar-refractivity contribution in [3.63, 3.8) is 0 Å². The number of carboxylic acid groups (broad SMARTS) is 1. The number of carboxylic acids is 1. The Hall–Kier alpha value is -4.14. The second-order valence-electron chi connectivity index (χ2n) is 8.50. The molecular formula is C25H26N4O5. The number of carbonyl (C=O) groups is 3. The highest BCUT2D eigenvalue weighted by Gasteiger charge is 2.29. The minimum atomic E-state index is -1.10. The van der Waals surface area contributed by atoms with E-state index in [9.17, 15) is 19.5 Å². The molecule has 4 rings (SSSR count). The maximum absolute atomic E-state index is 12.4. The zero-order chi connectivity index (χ0) is 24.2. The van der Waals surface area contributed by atoms with Gasteiger partial charge in [-0.3, -0.25) is 14.8 Å². The predicted octanol–water partition coefficient (Wildman–Crippen LogP) is 3.47. The van der Waals surface area contributed by atoms with E-state index in [4.69, 9.17) is 4.74 Å². The number of nitrogens with one attached hydrogen (secondary N) is 2. The first-order chi connectivity index (χ1) is 16.3. The van der Waals surface area contributed by atoms with Gasteiger partial charge in [-0.15, -0.1) is 0 Å². The largest absolute Gasteiger partial charge is 0.480 e. The Labute approximate surface area is 196 Å². The predicted molar refractivity (Wildman–Crippen MR) is 125 cm³/mol. The standard InChI is InChI=1S/C25H26N4O5/c1-15(2)23(24(31)32)28-22(30)13-29-12-16(11-26-29)27-25(33)34-14-21-19-9-5-3-7-17(19)18-8-4-6-10-20(18)21/h3-12,15,21,23H,13-14H2,1-2H3,(H,27,33)(H,28,30)(H,31,32)/t23-/m1/s1. The summed E-state index contributed by atoms with van der Waals surface area (Å²) >= 11 is 0.